The molecule has 0 aliphatic rings. The quantitative estimate of drug-likeness (QED) is 0.470. The molecule has 2 N–H and O–H groups in total. The molecule has 0 saturated carbocycles. The van der Waals surface area contributed by atoms with Crippen molar-refractivity contribution in [2.24, 2.45) is 0 Å². The van der Waals surface area contributed by atoms with Crippen molar-refractivity contribution in [1.82, 2.24) is 19.9 Å². The monoisotopic (exact) mass is 386 g/mol. The Morgan fingerprint density at radius 2 is 1.88 bits per heavy atom. The van der Waals surface area contributed by atoms with Crippen LogP contribution < -0.4 is 44.0 Å². The van der Waals surface area contributed by atoms with Gasteiger partial charge < -0.3 is 24.9 Å². The number of hydrogen-bond donors (Lipinski definition) is 0. The van der Waals surface area contributed by atoms with Gasteiger partial charge in [-0.2, -0.15) is 0 Å². The van der Waals surface area contributed by atoms with E-state index in [1.54, 1.807) is 25.4 Å². The summed E-state index contributed by atoms with van der Waals surface area (Å²) in [5.74, 6) is 1.42. The summed E-state index contributed by atoms with van der Waals surface area (Å²) in [5, 5.41) is 0.242. The number of imidazole rings is 1. The van der Waals surface area contributed by atoms with Crippen LogP contribution in [0.1, 0.15) is 16.8 Å². The second kappa shape index (κ2) is 9.43. The fourth-order valence-corrected chi connectivity index (χ4v) is 3.49. The third kappa shape index (κ3) is 4.41. The number of ether oxygens (including phenoxy) is 2. The Labute approximate surface area is 175 Å². The largest absolute Gasteiger partial charge is 1.00 e. The van der Waals surface area contributed by atoms with E-state index in [2.05, 4.69) is 19.9 Å². The van der Waals surface area contributed by atoms with E-state index >= 15 is 0 Å². The van der Waals surface area contributed by atoms with Crippen molar-refractivity contribution in [3.63, 3.8) is 0 Å². The summed E-state index contributed by atoms with van der Waals surface area (Å²) in [7, 11) is 1.72. The van der Waals surface area contributed by atoms with Crippen LogP contribution in [-0.2, 0) is 16.6 Å². The molecule has 3 aromatic rings. The first-order valence-corrected chi connectivity index (χ1v) is 8.58. The van der Waals surface area contributed by atoms with E-state index in [9.17, 15) is 4.21 Å². The van der Waals surface area contributed by atoms with Crippen LogP contribution >= 0.6 is 0 Å². The Kier molecular flexibility index (Phi) is 8.16. The van der Waals surface area contributed by atoms with Crippen LogP contribution in [0, 0.1) is 13.8 Å². The average Bonchev–Trinajstić information content (AvgIpc) is 3.01. The zero-order valence-electron chi connectivity index (χ0n) is 15.4. The van der Waals surface area contributed by atoms with Gasteiger partial charge in [-0.3, -0.25) is 9.19 Å². The van der Waals surface area contributed by atoms with Gasteiger partial charge in [-0.25, -0.2) is 4.98 Å². The van der Waals surface area contributed by atoms with Crippen molar-refractivity contribution >= 4 is 22.0 Å². The van der Waals surface area contributed by atoms with E-state index in [1.807, 2.05) is 13.8 Å². The molecule has 0 unspecified atom stereocenters. The second-order valence-corrected chi connectivity index (χ2v) is 6.58. The molecule has 0 aromatic carbocycles. The molecule has 0 aliphatic heterocycles. The van der Waals surface area contributed by atoms with E-state index < -0.39 is 10.8 Å². The molecule has 0 spiro atoms. The van der Waals surface area contributed by atoms with Crippen LogP contribution in [0.5, 0.6) is 11.6 Å². The van der Waals surface area contributed by atoms with E-state index in [0.29, 0.717) is 22.7 Å². The molecule has 0 amide bonds. The van der Waals surface area contributed by atoms with Crippen LogP contribution in [0.3, 0.4) is 0 Å². The number of aromatic nitrogens is 4. The fraction of sp³-hybridized carbons (Fsp3) is 0.312. The zero-order valence-corrected chi connectivity index (χ0v) is 18.2. The summed E-state index contributed by atoms with van der Waals surface area (Å²) >= 11 is 0. The van der Waals surface area contributed by atoms with Crippen molar-refractivity contribution in [2.45, 2.75) is 24.8 Å². The van der Waals surface area contributed by atoms with Crippen LogP contribution in [-0.4, -0.2) is 38.9 Å². The van der Waals surface area contributed by atoms with E-state index in [4.69, 9.17) is 9.47 Å². The number of pyridine rings is 2. The van der Waals surface area contributed by atoms with Crippen molar-refractivity contribution in [3.8, 4) is 11.6 Å². The van der Waals surface area contributed by atoms with Gasteiger partial charge in [0.05, 0.1) is 42.1 Å². The van der Waals surface area contributed by atoms with Crippen molar-refractivity contribution in [1.29, 1.82) is 0 Å². The summed E-state index contributed by atoms with van der Waals surface area (Å²) < 4.78 is 23.1. The Hall–Kier alpha value is -1.52. The van der Waals surface area contributed by atoms with Crippen molar-refractivity contribution < 1.29 is 48.7 Å². The number of aryl methyl sites for hydroxylation is 1. The molecular weight excluding hydrogens is 367 g/mol. The second-order valence-electron chi connectivity index (χ2n) is 5.24. The summed E-state index contributed by atoms with van der Waals surface area (Å²) in [4.78, 5) is 17.1. The number of rotatable bonds is 5. The molecule has 134 valence electrons. The maximum Gasteiger partial charge on any atom is 1.00 e. The molecule has 10 heteroatoms. The maximum atomic E-state index is 12.6. The number of methoxy groups -OCH3 is 2. The van der Waals surface area contributed by atoms with Crippen molar-refractivity contribution in [3.05, 3.63) is 35.2 Å². The van der Waals surface area contributed by atoms with Crippen LogP contribution in [0.25, 0.3) is 11.2 Å². The van der Waals surface area contributed by atoms with Gasteiger partial charge in [-0.05, 0) is 19.4 Å². The predicted molar refractivity (Wildman–Crippen MR) is 93.4 cm³/mol. The van der Waals surface area contributed by atoms with Gasteiger partial charge in [0.2, 0.25) is 5.88 Å². The normalized spacial score (nSPS) is 11.4. The molecule has 1 atom stereocenters. The Morgan fingerprint density at radius 1 is 1.15 bits per heavy atom. The summed E-state index contributed by atoms with van der Waals surface area (Å²) in [5.41, 5.74) is 3.53. The topological polar surface area (TPSA) is 120 Å². The van der Waals surface area contributed by atoms with Gasteiger partial charge in [0.15, 0.2) is 0 Å². The minimum Gasteiger partial charge on any atom is -0.496 e. The molecule has 26 heavy (non-hydrogen) atoms. The fourth-order valence-electron chi connectivity index (χ4n) is 2.43. The zero-order chi connectivity index (χ0) is 17.3. The molecule has 0 saturated heterocycles. The molecule has 0 bridgehead atoms. The first kappa shape index (κ1) is 22.5. The van der Waals surface area contributed by atoms with Gasteiger partial charge in [0.25, 0.3) is 0 Å². The predicted octanol–water partition coefficient (Wildman–Crippen LogP) is -1.90. The summed E-state index contributed by atoms with van der Waals surface area (Å²) in [6, 6.07) is 3.44. The third-order valence-electron chi connectivity index (χ3n) is 3.68. The smallest absolute Gasteiger partial charge is 0.496 e. The first-order valence-electron chi connectivity index (χ1n) is 7.26. The number of fused-ring (bicyclic) bond motifs is 1. The van der Waals surface area contributed by atoms with Gasteiger partial charge in [-0.1, -0.05) is 6.07 Å². The SMILES string of the molecule is COc1ccc2[n-]c([S@@](=O)Cc3ncc(C)c(OC)c3C)nc2n1.O.[Na+]. The van der Waals surface area contributed by atoms with E-state index in [-0.39, 0.29) is 45.9 Å². The molecule has 3 rings (SSSR count). The van der Waals surface area contributed by atoms with Crippen LogP contribution in [0.4, 0.5) is 0 Å². The van der Waals surface area contributed by atoms with Gasteiger partial charge in [0, 0.05) is 28.5 Å². The standard InChI is InChI=1S/C16H17N4O3S.Na.H2O/c1-9-7-17-12(10(2)14(9)23-4)8-24(21)16-18-11-5-6-13(22-3)19-15(11)20-16;;/h5-7H,8H2,1-4H3;;1H2/q-1;+1;/t24-;;/m0../s1. The number of hydrogen-bond acceptors (Lipinski definition) is 6. The summed E-state index contributed by atoms with van der Waals surface area (Å²) in [6.45, 7) is 3.83. The van der Waals surface area contributed by atoms with Gasteiger partial charge in [0.1, 0.15) is 5.75 Å². The maximum absolute atomic E-state index is 12.6. The van der Waals surface area contributed by atoms with Crippen LogP contribution in [0.2, 0.25) is 0 Å². The van der Waals surface area contributed by atoms with Crippen LogP contribution in [0.15, 0.2) is 23.5 Å². The molecule has 8 nitrogen and oxygen atoms in total. The van der Waals surface area contributed by atoms with Crippen molar-refractivity contribution in [2.75, 3.05) is 14.2 Å². The minimum atomic E-state index is -1.42. The minimum absolute atomic E-state index is 0. The van der Waals surface area contributed by atoms with E-state index in [0.717, 1.165) is 16.9 Å². The molecule has 0 fully saturated rings. The van der Waals surface area contributed by atoms with E-state index in [1.165, 1.54) is 7.11 Å². The molecule has 3 aromatic heterocycles. The third-order valence-corrected chi connectivity index (χ3v) is 4.80. The molecule has 3 heterocycles. The Bertz CT molecular complexity index is 932. The molecular formula is C16H19N4NaO4S. The first-order chi connectivity index (χ1) is 11.5. The number of nitrogens with zero attached hydrogens (tertiary/aromatic N) is 4. The average molecular weight is 386 g/mol. The Morgan fingerprint density at radius 3 is 2.54 bits per heavy atom. The van der Waals surface area contributed by atoms with Gasteiger partial charge in [-0.15, -0.1) is 0 Å². The molecule has 0 radical (unpaired) electrons. The Balaban J connectivity index is 0.00000169. The summed E-state index contributed by atoms with van der Waals surface area (Å²) in [6.07, 6.45) is 1.72. The van der Waals surface area contributed by atoms with Gasteiger partial charge >= 0.3 is 29.6 Å². The molecule has 0 aliphatic carbocycles.